The number of benzene rings is 1. The molecule has 0 aromatic heterocycles. The Morgan fingerprint density at radius 3 is 2.76 bits per heavy atom. The fourth-order valence-corrected chi connectivity index (χ4v) is 2.70. The maximum atomic E-state index is 13.4. The molecule has 1 atom stereocenters. The maximum absolute atomic E-state index is 13.4. The average molecular weight is 316 g/mol. The Balaban J connectivity index is 2.06. The molecule has 6 nitrogen and oxygen atoms in total. The van der Waals surface area contributed by atoms with E-state index >= 15 is 0 Å². The lowest BCUT2D eigenvalue weighted by Crippen LogP contribution is -2.35. The molecule has 0 aliphatic carbocycles. The first-order chi connectivity index (χ1) is 9.86. The van der Waals surface area contributed by atoms with Crippen LogP contribution in [0.2, 0.25) is 0 Å². The first-order valence-corrected chi connectivity index (χ1v) is 8.14. The number of halogens is 1. The van der Waals surface area contributed by atoms with Crippen LogP contribution in [-0.2, 0) is 14.8 Å². The Labute approximate surface area is 122 Å². The van der Waals surface area contributed by atoms with Crippen molar-refractivity contribution in [1.29, 1.82) is 0 Å². The molecule has 1 aliphatic rings. The second-order valence-corrected chi connectivity index (χ2v) is 6.48. The van der Waals surface area contributed by atoms with Gasteiger partial charge < -0.3 is 10.1 Å². The van der Waals surface area contributed by atoms with Gasteiger partial charge in [-0.2, -0.15) is 0 Å². The summed E-state index contributed by atoms with van der Waals surface area (Å²) in [5.74, 6) is -1.39. The van der Waals surface area contributed by atoms with Gasteiger partial charge in [-0.1, -0.05) is 0 Å². The maximum Gasteiger partial charge on any atom is 0.251 e. The van der Waals surface area contributed by atoms with Gasteiger partial charge in [0, 0.05) is 18.7 Å². The van der Waals surface area contributed by atoms with E-state index in [4.69, 9.17) is 9.88 Å². The molecular formula is C13H17FN2O4S. The third-order valence-corrected chi connectivity index (χ3v) is 4.12. The van der Waals surface area contributed by atoms with Gasteiger partial charge in [-0.25, -0.2) is 17.9 Å². The fraction of sp³-hybridized carbons (Fsp3) is 0.462. The highest BCUT2D eigenvalue weighted by molar-refractivity contribution is 7.89. The molecule has 1 aliphatic heterocycles. The number of amides is 1. The molecule has 1 unspecified atom stereocenters. The van der Waals surface area contributed by atoms with Crippen molar-refractivity contribution in [3.8, 4) is 0 Å². The predicted octanol–water partition coefficient (Wildman–Crippen LogP) is 0.772. The molecule has 1 saturated heterocycles. The van der Waals surface area contributed by atoms with Gasteiger partial charge in [0.1, 0.15) is 5.82 Å². The second-order valence-electron chi connectivity index (χ2n) is 4.92. The molecule has 0 spiro atoms. The van der Waals surface area contributed by atoms with Gasteiger partial charge >= 0.3 is 0 Å². The third-order valence-electron chi connectivity index (χ3n) is 3.23. The molecule has 3 N–H and O–H groups in total. The minimum absolute atomic E-state index is 0.0611. The van der Waals surface area contributed by atoms with Crippen molar-refractivity contribution < 1.29 is 22.3 Å². The highest BCUT2D eigenvalue weighted by Crippen LogP contribution is 2.14. The first-order valence-electron chi connectivity index (χ1n) is 6.59. The van der Waals surface area contributed by atoms with Crippen molar-refractivity contribution in [3.63, 3.8) is 0 Å². The molecule has 0 radical (unpaired) electrons. The Bertz CT molecular complexity index is 627. The molecule has 0 saturated carbocycles. The van der Waals surface area contributed by atoms with Crippen LogP contribution >= 0.6 is 0 Å². The molecule has 1 heterocycles. The summed E-state index contributed by atoms with van der Waals surface area (Å²) < 4.78 is 41.3. The number of ether oxygens (including phenoxy) is 1. The molecule has 21 heavy (non-hydrogen) atoms. The molecule has 0 bridgehead atoms. The van der Waals surface area contributed by atoms with E-state index in [-0.39, 0.29) is 11.7 Å². The van der Waals surface area contributed by atoms with Gasteiger partial charge in [0.2, 0.25) is 10.0 Å². The largest absolute Gasteiger partial charge is 0.376 e. The average Bonchev–Trinajstić information content (AvgIpc) is 2.44. The topological polar surface area (TPSA) is 98.5 Å². The van der Waals surface area contributed by atoms with E-state index in [1.807, 2.05) is 0 Å². The normalized spacial score (nSPS) is 19.2. The standard InChI is InChI=1S/C13H17FN2O4S/c14-10-5-9(6-12(7-10)21(15,18)19)13(17)16-8-11-3-1-2-4-20-11/h5-7,11H,1-4,8H2,(H,16,17)(H2,15,18,19). The SMILES string of the molecule is NS(=O)(=O)c1cc(F)cc(C(=O)NCC2CCCCO2)c1. The molecule has 1 aromatic carbocycles. The number of nitrogens with two attached hydrogens (primary N) is 1. The fourth-order valence-electron chi connectivity index (χ4n) is 2.14. The van der Waals surface area contributed by atoms with Crippen molar-refractivity contribution in [1.82, 2.24) is 5.32 Å². The number of carbonyl (C=O) groups is 1. The van der Waals surface area contributed by atoms with E-state index in [2.05, 4.69) is 5.32 Å². The first kappa shape index (κ1) is 15.9. The number of nitrogens with one attached hydrogen (secondary N) is 1. The highest BCUT2D eigenvalue weighted by atomic mass is 32.2. The van der Waals surface area contributed by atoms with Crippen molar-refractivity contribution in [2.75, 3.05) is 13.2 Å². The smallest absolute Gasteiger partial charge is 0.251 e. The minimum atomic E-state index is -4.06. The quantitative estimate of drug-likeness (QED) is 0.857. The van der Waals surface area contributed by atoms with E-state index in [1.165, 1.54) is 0 Å². The molecular weight excluding hydrogens is 299 g/mol. The van der Waals surface area contributed by atoms with Crippen molar-refractivity contribution in [2.45, 2.75) is 30.3 Å². The lowest BCUT2D eigenvalue weighted by molar-refractivity contribution is 0.0169. The van der Waals surface area contributed by atoms with Crippen LogP contribution in [0.3, 0.4) is 0 Å². The second kappa shape index (κ2) is 6.50. The molecule has 2 rings (SSSR count). The number of hydrogen-bond donors (Lipinski definition) is 2. The van der Waals surface area contributed by atoms with Crippen LogP contribution in [0.1, 0.15) is 29.6 Å². The lowest BCUT2D eigenvalue weighted by atomic mass is 10.1. The van der Waals surface area contributed by atoms with E-state index < -0.39 is 26.6 Å². The molecule has 1 aromatic rings. The van der Waals surface area contributed by atoms with Crippen LogP contribution in [-0.4, -0.2) is 33.6 Å². The zero-order valence-corrected chi connectivity index (χ0v) is 12.2. The summed E-state index contributed by atoms with van der Waals surface area (Å²) in [6.07, 6.45) is 2.84. The van der Waals surface area contributed by atoms with Gasteiger partial charge in [-0.3, -0.25) is 4.79 Å². The van der Waals surface area contributed by atoms with Crippen molar-refractivity contribution in [2.24, 2.45) is 5.14 Å². The number of carbonyl (C=O) groups excluding carboxylic acids is 1. The van der Waals surface area contributed by atoms with Crippen LogP contribution in [0.4, 0.5) is 4.39 Å². The number of sulfonamides is 1. The van der Waals surface area contributed by atoms with Crippen LogP contribution < -0.4 is 10.5 Å². The molecule has 1 fully saturated rings. The molecule has 8 heteroatoms. The summed E-state index contributed by atoms with van der Waals surface area (Å²) in [6, 6.07) is 2.79. The van der Waals surface area contributed by atoms with E-state index in [0.29, 0.717) is 13.2 Å². The van der Waals surface area contributed by atoms with Gasteiger partial charge in [0.05, 0.1) is 11.0 Å². The van der Waals surface area contributed by atoms with Gasteiger partial charge in [0.25, 0.3) is 5.91 Å². The van der Waals surface area contributed by atoms with E-state index in [1.54, 1.807) is 0 Å². The third kappa shape index (κ3) is 4.48. The monoisotopic (exact) mass is 316 g/mol. The Morgan fingerprint density at radius 1 is 1.38 bits per heavy atom. The number of rotatable bonds is 4. The van der Waals surface area contributed by atoms with Gasteiger partial charge in [-0.05, 0) is 37.5 Å². The van der Waals surface area contributed by atoms with Crippen LogP contribution in [0.15, 0.2) is 23.1 Å². The zero-order valence-electron chi connectivity index (χ0n) is 11.3. The molecule has 1 amide bonds. The Kier molecular flexibility index (Phi) is 4.92. The summed E-state index contributed by atoms with van der Waals surface area (Å²) >= 11 is 0. The Morgan fingerprint density at radius 2 is 2.14 bits per heavy atom. The van der Waals surface area contributed by atoms with E-state index in [0.717, 1.165) is 37.5 Å². The molecule has 116 valence electrons. The summed E-state index contributed by atoms with van der Waals surface area (Å²) in [5, 5.41) is 7.55. The summed E-state index contributed by atoms with van der Waals surface area (Å²) in [5.41, 5.74) is -0.0881. The van der Waals surface area contributed by atoms with Crippen LogP contribution in [0.5, 0.6) is 0 Å². The van der Waals surface area contributed by atoms with Crippen molar-refractivity contribution in [3.05, 3.63) is 29.6 Å². The highest BCUT2D eigenvalue weighted by Gasteiger charge is 2.17. The number of primary sulfonamides is 1. The zero-order chi connectivity index (χ0) is 15.5. The van der Waals surface area contributed by atoms with Crippen LogP contribution in [0.25, 0.3) is 0 Å². The Hall–Kier alpha value is -1.51. The van der Waals surface area contributed by atoms with Gasteiger partial charge in [0.15, 0.2) is 0 Å². The summed E-state index contributed by atoms with van der Waals surface area (Å²) in [4.78, 5) is 11.5. The van der Waals surface area contributed by atoms with Crippen molar-refractivity contribution >= 4 is 15.9 Å². The van der Waals surface area contributed by atoms with Gasteiger partial charge in [-0.15, -0.1) is 0 Å². The summed E-state index contributed by atoms with van der Waals surface area (Å²) in [7, 11) is -4.06. The lowest BCUT2D eigenvalue weighted by Gasteiger charge is -2.22. The van der Waals surface area contributed by atoms with Crippen LogP contribution in [0, 0.1) is 5.82 Å². The minimum Gasteiger partial charge on any atom is -0.376 e. The predicted molar refractivity (Wildman–Crippen MR) is 73.7 cm³/mol. The number of hydrogen-bond acceptors (Lipinski definition) is 4. The van der Waals surface area contributed by atoms with E-state index in [9.17, 15) is 17.6 Å². The summed E-state index contributed by atoms with van der Waals surface area (Å²) in [6.45, 7) is 0.968.